The molecule has 7 heteroatoms. The highest BCUT2D eigenvalue weighted by Crippen LogP contribution is 2.39. The number of rotatable bonds is 3. The van der Waals surface area contributed by atoms with Gasteiger partial charge in [0, 0.05) is 72.0 Å². The van der Waals surface area contributed by atoms with Gasteiger partial charge in [0.25, 0.3) is 5.91 Å². The normalized spacial score (nSPS) is 16.5. The van der Waals surface area contributed by atoms with Crippen LogP contribution in [0, 0.1) is 6.92 Å². The molecule has 33 heavy (non-hydrogen) atoms. The highest BCUT2D eigenvalue weighted by atomic mass is 16.2. The lowest BCUT2D eigenvalue weighted by Gasteiger charge is -2.32. The summed E-state index contributed by atoms with van der Waals surface area (Å²) in [6, 6.07) is 14.2. The van der Waals surface area contributed by atoms with Gasteiger partial charge < -0.3 is 9.88 Å². The van der Waals surface area contributed by atoms with Crippen molar-refractivity contribution in [1.82, 2.24) is 29.5 Å². The van der Waals surface area contributed by atoms with Crippen LogP contribution in [-0.2, 0) is 0 Å². The molecular weight excluding hydrogens is 412 g/mol. The zero-order valence-electron chi connectivity index (χ0n) is 18.4. The molecule has 1 fully saturated rings. The third kappa shape index (κ3) is 3.46. The molecular formula is C26H24N6O. The molecule has 0 spiro atoms. The molecule has 0 aliphatic carbocycles. The monoisotopic (exact) mass is 436 g/mol. The molecule has 1 amide bonds. The van der Waals surface area contributed by atoms with Gasteiger partial charge in [0.15, 0.2) is 11.3 Å². The summed E-state index contributed by atoms with van der Waals surface area (Å²) >= 11 is 0. The molecule has 0 saturated carbocycles. The predicted molar refractivity (Wildman–Crippen MR) is 127 cm³/mol. The summed E-state index contributed by atoms with van der Waals surface area (Å²) in [6.45, 7) is 3.51. The molecule has 1 aliphatic rings. The van der Waals surface area contributed by atoms with Gasteiger partial charge in [0.05, 0.1) is 0 Å². The van der Waals surface area contributed by atoms with Crippen molar-refractivity contribution in [3.8, 4) is 11.1 Å². The number of aromatic nitrogens is 5. The Labute approximate surface area is 191 Å². The average molecular weight is 437 g/mol. The van der Waals surface area contributed by atoms with Crippen molar-refractivity contribution in [2.75, 3.05) is 13.1 Å². The van der Waals surface area contributed by atoms with Gasteiger partial charge in [0.1, 0.15) is 0 Å². The molecule has 1 saturated heterocycles. The summed E-state index contributed by atoms with van der Waals surface area (Å²) in [7, 11) is 0. The van der Waals surface area contributed by atoms with E-state index >= 15 is 0 Å². The molecule has 6 rings (SSSR count). The van der Waals surface area contributed by atoms with Gasteiger partial charge in [-0.2, -0.15) is 5.10 Å². The van der Waals surface area contributed by atoms with E-state index in [1.54, 1.807) is 16.8 Å². The fourth-order valence-corrected chi connectivity index (χ4v) is 4.96. The second-order valence-electron chi connectivity index (χ2n) is 8.74. The molecule has 1 atom stereocenters. The fourth-order valence-electron chi connectivity index (χ4n) is 4.96. The van der Waals surface area contributed by atoms with Crippen LogP contribution in [0.5, 0.6) is 0 Å². The second-order valence-corrected chi connectivity index (χ2v) is 8.74. The number of piperidine rings is 1. The molecule has 1 unspecified atom stereocenters. The predicted octanol–water partition coefficient (Wildman–Crippen LogP) is 4.60. The Balaban J connectivity index is 1.37. The number of fused-ring (bicyclic) bond motifs is 2. The number of likely N-dealkylation sites (tertiary alicyclic amines) is 1. The lowest BCUT2D eigenvalue weighted by molar-refractivity contribution is 0.0700. The lowest BCUT2D eigenvalue weighted by atomic mass is 9.89. The minimum Gasteiger partial charge on any atom is -0.358 e. The minimum absolute atomic E-state index is 0.0392. The number of carbonyl (C=O) groups is 1. The van der Waals surface area contributed by atoms with Gasteiger partial charge in [-0.1, -0.05) is 11.6 Å². The van der Waals surface area contributed by atoms with Crippen LogP contribution in [0.25, 0.3) is 27.7 Å². The lowest BCUT2D eigenvalue weighted by Crippen LogP contribution is -2.39. The van der Waals surface area contributed by atoms with Crippen LogP contribution in [0.1, 0.15) is 40.5 Å². The number of H-pyrrole nitrogens is 1. The number of hydrogen-bond donors (Lipinski definition) is 1. The summed E-state index contributed by atoms with van der Waals surface area (Å²) in [5.74, 6) is 0.177. The summed E-state index contributed by atoms with van der Waals surface area (Å²) in [5.41, 5.74) is 7.02. The third-order valence-electron chi connectivity index (χ3n) is 6.52. The molecule has 0 radical (unpaired) electrons. The number of nitrogens with one attached hydrogen (secondary N) is 1. The largest absolute Gasteiger partial charge is 0.358 e. The number of pyridine rings is 1. The van der Waals surface area contributed by atoms with Crippen molar-refractivity contribution in [2.45, 2.75) is 25.7 Å². The summed E-state index contributed by atoms with van der Waals surface area (Å²) < 4.78 is 1.65. The molecule has 0 bridgehead atoms. The van der Waals surface area contributed by atoms with E-state index in [4.69, 9.17) is 0 Å². The number of aromatic amines is 1. The smallest absolute Gasteiger partial charge is 0.274 e. The van der Waals surface area contributed by atoms with Crippen LogP contribution in [0.3, 0.4) is 0 Å². The van der Waals surface area contributed by atoms with Gasteiger partial charge >= 0.3 is 0 Å². The number of amides is 1. The van der Waals surface area contributed by atoms with Crippen molar-refractivity contribution in [2.24, 2.45) is 0 Å². The van der Waals surface area contributed by atoms with Crippen molar-refractivity contribution < 1.29 is 4.79 Å². The van der Waals surface area contributed by atoms with Crippen LogP contribution in [0.15, 0.2) is 67.3 Å². The first-order chi connectivity index (χ1) is 16.2. The SMILES string of the molecule is Cc1ccc2[nH]c(C3CCCN(C(=O)c4cc5ncccn5n4)C3)c(-c3ccncc3)c2c1. The molecule has 7 nitrogen and oxygen atoms in total. The van der Waals surface area contributed by atoms with Crippen molar-refractivity contribution >= 4 is 22.5 Å². The van der Waals surface area contributed by atoms with Crippen molar-refractivity contribution in [3.63, 3.8) is 0 Å². The Morgan fingerprint density at radius 1 is 1.12 bits per heavy atom. The Hall–Kier alpha value is -4.00. The van der Waals surface area contributed by atoms with Crippen LogP contribution >= 0.6 is 0 Å². The maximum atomic E-state index is 13.3. The van der Waals surface area contributed by atoms with Gasteiger partial charge in [0.2, 0.25) is 0 Å². The molecule has 1 N–H and O–H groups in total. The number of nitrogens with zero attached hydrogens (tertiary/aromatic N) is 5. The van der Waals surface area contributed by atoms with Gasteiger partial charge in [-0.05, 0) is 55.7 Å². The summed E-state index contributed by atoms with van der Waals surface area (Å²) in [6.07, 6.45) is 9.17. The molecule has 1 aliphatic heterocycles. The first kappa shape index (κ1) is 19.7. The Bertz CT molecular complexity index is 1440. The van der Waals surface area contributed by atoms with E-state index in [0.717, 1.165) is 30.5 Å². The van der Waals surface area contributed by atoms with E-state index in [1.165, 1.54) is 22.2 Å². The van der Waals surface area contributed by atoms with E-state index in [-0.39, 0.29) is 11.8 Å². The quantitative estimate of drug-likeness (QED) is 0.448. The highest BCUT2D eigenvalue weighted by molar-refractivity contribution is 5.98. The Kier molecular flexibility index (Phi) is 4.68. The molecule has 5 heterocycles. The van der Waals surface area contributed by atoms with E-state index in [1.807, 2.05) is 29.6 Å². The number of aryl methyl sites for hydroxylation is 1. The minimum atomic E-state index is -0.0392. The van der Waals surface area contributed by atoms with Gasteiger partial charge in [-0.15, -0.1) is 0 Å². The second kappa shape index (κ2) is 7.85. The average Bonchev–Trinajstić information content (AvgIpc) is 3.46. The highest BCUT2D eigenvalue weighted by Gasteiger charge is 2.30. The maximum absolute atomic E-state index is 13.3. The number of benzene rings is 1. The zero-order valence-corrected chi connectivity index (χ0v) is 18.4. The number of hydrogen-bond acceptors (Lipinski definition) is 4. The molecule has 1 aromatic carbocycles. The van der Waals surface area contributed by atoms with Gasteiger partial charge in [-0.3, -0.25) is 9.78 Å². The Morgan fingerprint density at radius 3 is 2.85 bits per heavy atom. The zero-order chi connectivity index (χ0) is 22.4. The van der Waals surface area contributed by atoms with Crippen LogP contribution < -0.4 is 0 Å². The maximum Gasteiger partial charge on any atom is 0.274 e. The summed E-state index contributed by atoms with van der Waals surface area (Å²) in [5, 5.41) is 5.66. The number of carbonyl (C=O) groups excluding carboxylic acids is 1. The topological polar surface area (TPSA) is 79.2 Å². The van der Waals surface area contributed by atoms with E-state index < -0.39 is 0 Å². The first-order valence-electron chi connectivity index (χ1n) is 11.3. The third-order valence-corrected chi connectivity index (χ3v) is 6.52. The van der Waals surface area contributed by atoms with Gasteiger partial charge in [-0.25, -0.2) is 9.50 Å². The van der Waals surface area contributed by atoms with Crippen LogP contribution in [0.2, 0.25) is 0 Å². The van der Waals surface area contributed by atoms with Crippen LogP contribution in [-0.4, -0.2) is 48.5 Å². The van der Waals surface area contributed by atoms with E-state index in [9.17, 15) is 4.79 Å². The van der Waals surface area contributed by atoms with E-state index in [2.05, 4.69) is 57.3 Å². The summed E-state index contributed by atoms with van der Waals surface area (Å²) in [4.78, 5) is 27.4. The first-order valence-corrected chi connectivity index (χ1v) is 11.3. The Morgan fingerprint density at radius 2 is 2.00 bits per heavy atom. The van der Waals surface area contributed by atoms with Crippen molar-refractivity contribution in [3.05, 3.63) is 84.2 Å². The van der Waals surface area contributed by atoms with Crippen LogP contribution in [0.4, 0.5) is 0 Å². The molecule has 164 valence electrons. The van der Waals surface area contributed by atoms with E-state index in [0.29, 0.717) is 17.9 Å². The standard InChI is InChI=1S/C26H24N6O/c1-17-5-6-21-20(14-17)24(18-7-10-27-11-8-18)25(29-21)19-4-2-12-31(16-19)26(33)22-15-23-28-9-3-13-32(23)30-22/h3,5-11,13-15,19,29H,2,4,12,16H2,1H3. The molecule has 4 aromatic heterocycles. The molecule has 5 aromatic rings. The fraction of sp³-hybridized carbons (Fsp3) is 0.231. The van der Waals surface area contributed by atoms with Crippen molar-refractivity contribution in [1.29, 1.82) is 0 Å².